The molecule has 0 aliphatic heterocycles. The van der Waals surface area contributed by atoms with Crippen LogP contribution >= 0.6 is 0 Å². The van der Waals surface area contributed by atoms with E-state index in [2.05, 4.69) is 5.32 Å². The number of anilines is 1. The van der Waals surface area contributed by atoms with Crippen molar-refractivity contribution in [1.82, 2.24) is 5.32 Å². The molecule has 20 heavy (non-hydrogen) atoms. The van der Waals surface area contributed by atoms with E-state index in [9.17, 15) is 4.79 Å². The maximum atomic E-state index is 12.1. The van der Waals surface area contributed by atoms with Gasteiger partial charge >= 0.3 is 0 Å². The number of nitrogens with one attached hydrogen (secondary N) is 1. The number of rotatable bonds is 5. The van der Waals surface area contributed by atoms with Crippen LogP contribution in [0.3, 0.4) is 0 Å². The quantitative estimate of drug-likeness (QED) is 0.641. The van der Waals surface area contributed by atoms with Crippen molar-refractivity contribution >= 4 is 11.6 Å². The molecule has 1 aliphatic rings. The van der Waals surface area contributed by atoms with Gasteiger partial charge in [-0.1, -0.05) is 18.9 Å². The van der Waals surface area contributed by atoms with Crippen LogP contribution in [0.15, 0.2) is 12.1 Å². The number of benzene rings is 1. The highest BCUT2D eigenvalue weighted by Crippen LogP contribution is 2.20. The molecule has 1 aromatic rings. The van der Waals surface area contributed by atoms with Gasteiger partial charge in [-0.3, -0.25) is 4.79 Å². The average molecular weight is 276 g/mol. The zero-order valence-corrected chi connectivity index (χ0v) is 12.4. The van der Waals surface area contributed by atoms with Crippen molar-refractivity contribution in [2.24, 2.45) is 0 Å². The van der Waals surface area contributed by atoms with Gasteiger partial charge in [-0.15, -0.1) is 0 Å². The first-order chi connectivity index (χ1) is 9.58. The lowest BCUT2D eigenvalue weighted by molar-refractivity contribution is 0.0581. The fourth-order valence-corrected chi connectivity index (χ4v) is 2.65. The van der Waals surface area contributed by atoms with Gasteiger partial charge in [-0.05, 0) is 43.9 Å². The normalized spacial score (nSPS) is 15.5. The molecule has 0 radical (unpaired) electrons. The number of nitrogens with two attached hydrogens (primary N) is 1. The molecule has 4 nitrogen and oxygen atoms in total. The Balaban J connectivity index is 1.81. The highest BCUT2D eigenvalue weighted by atomic mass is 16.5. The van der Waals surface area contributed by atoms with Crippen LogP contribution in [0.5, 0.6) is 0 Å². The summed E-state index contributed by atoms with van der Waals surface area (Å²) in [7, 11) is 0. The van der Waals surface area contributed by atoms with Gasteiger partial charge in [0.15, 0.2) is 0 Å². The summed E-state index contributed by atoms with van der Waals surface area (Å²) in [6.45, 7) is 5.00. The Morgan fingerprint density at radius 3 is 2.70 bits per heavy atom. The summed E-state index contributed by atoms with van der Waals surface area (Å²) < 4.78 is 5.72. The molecule has 0 bridgehead atoms. The smallest absolute Gasteiger partial charge is 0.251 e. The average Bonchev–Trinajstić information content (AvgIpc) is 2.92. The van der Waals surface area contributed by atoms with Gasteiger partial charge in [0.05, 0.1) is 12.7 Å². The second-order valence-electron chi connectivity index (χ2n) is 5.56. The van der Waals surface area contributed by atoms with E-state index in [1.165, 1.54) is 12.8 Å². The molecular formula is C16H24N2O2. The van der Waals surface area contributed by atoms with Crippen LogP contribution in [0.4, 0.5) is 5.69 Å². The van der Waals surface area contributed by atoms with Crippen molar-refractivity contribution in [3.8, 4) is 0 Å². The summed E-state index contributed by atoms with van der Waals surface area (Å²) in [5.74, 6) is -0.0794. The lowest BCUT2D eigenvalue weighted by atomic mass is 10.0. The Labute approximate surface area is 120 Å². The van der Waals surface area contributed by atoms with E-state index in [0.29, 0.717) is 30.5 Å². The fraction of sp³-hybridized carbons (Fsp3) is 0.562. The Morgan fingerprint density at radius 1 is 1.30 bits per heavy atom. The largest absolute Gasteiger partial charge is 0.398 e. The van der Waals surface area contributed by atoms with Crippen LogP contribution in [0.1, 0.15) is 47.2 Å². The molecule has 0 saturated heterocycles. The van der Waals surface area contributed by atoms with Gasteiger partial charge in [0.2, 0.25) is 0 Å². The fourth-order valence-electron chi connectivity index (χ4n) is 2.65. The van der Waals surface area contributed by atoms with Gasteiger partial charge in [0.1, 0.15) is 0 Å². The van der Waals surface area contributed by atoms with E-state index in [0.717, 1.165) is 24.0 Å². The molecule has 3 N–H and O–H groups in total. The van der Waals surface area contributed by atoms with Gasteiger partial charge in [0.25, 0.3) is 5.91 Å². The third-order valence-corrected chi connectivity index (χ3v) is 3.90. The number of amides is 1. The molecule has 4 heteroatoms. The summed E-state index contributed by atoms with van der Waals surface area (Å²) >= 11 is 0. The zero-order chi connectivity index (χ0) is 14.5. The molecule has 2 rings (SSSR count). The van der Waals surface area contributed by atoms with Crippen molar-refractivity contribution in [1.29, 1.82) is 0 Å². The number of hydrogen-bond donors (Lipinski definition) is 2. The lowest BCUT2D eigenvalue weighted by Crippen LogP contribution is -2.29. The van der Waals surface area contributed by atoms with Crippen LogP contribution in [0, 0.1) is 13.8 Å². The van der Waals surface area contributed by atoms with E-state index in [4.69, 9.17) is 10.5 Å². The van der Waals surface area contributed by atoms with Crippen molar-refractivity contribution in [2.45, 2.75) is 45.6 Å². The predicted molar refractivity (Wildman–Crippen MR) is 80.9 cm³/mol. The Kier molecular flexibility index (Phi) is 5.01. The van der Waals surface area contributed by atoms with Crippen LogP contribution in [0.2, 0.25) is 0 Å². The number of hydrogen-bond acceptors (Lipinski definition) is 3. The van der Waals surface area contributed by atoms with E-state index in [-0.39, 0.29) is 5.91 Å². The number of carbonyl (C=O) groups excluding carboxylic acids is 1. The summed E-state index contributed by atoms with van der Waals surface area (Å²) in [5.41, 5.74) is 9.12. The van der Waals surface area contributed by atoms with E-state index in [1.807, 2.05) is 19.9 Å². The molecule has 1 aromatic carbocycles. The van der Waals surface area contributed by atoms with Crippen LogP contribution in [-0.2, 0) is 4.74 Å². The molecule has 1 saturated carbocycles. The zero-order valence-electron chi connectivity index (χ0n) is 12.4. The topological polar surface area (TPSA) is 64.3 Å². The van der Waals surface area contributed by atoms with Gasteiger partial charge in [0, 0.05) is 17.8 Å². The number of ether oxygens (including phenoxy) is 1. The standard InChI is InChI=1S/C16H24N2O2/c1-11-9-12(2)15(17)10-14(11)16(19)18-7-8-20-13-5-3-4-6-13/h9-10,13H,3-8,17H2,1-2H3,(H,18,19). The van der Waals surface area contributed by atoms with Crippen molar-refractivity contribution in [3.05, 3.63) is 28.8 Å². The summed E-state index contributed by atoms with van der Waals surface area (Å²) in [5, 5.41) is 2.89. The summed E-state index contributed by atoms with van der Waals surface area (Å²) in [4.78, 5) is 12.1. The van der Waals surface area contributed by atoms with Crippen molar-refractivity contribution in [3.63, 3.8) is 0 Å². The molecule has 110 valence electrons. The minimum atomic E-state index is -0.0794. The molecule has 0 heterocycles. The Bertz CT molecular complexity index is 480. The van der Waals surface area contributed by atoms with E-state index >= 15 is 0 Å². The Morgan fingerprint density at radius 2 is 2.00 bits per heavy atom. The molecule has 0 aromatic heterocycles. The van der Waals surface area contributed by atoms with Crippen LogP contribution in [0.25, 0.3) is 0 Å². The summed E-state index contributed by atoms with van der Waals surface area (Å²) in [6.07, 6.45) is 5.23. The highest BCUT2D eigenvalue weighted by molar-refractivity contribution is 5.96. The first kappa shape index (κ1) is 14.9. The lowest BCUT2D eigenvalue weighted by Gasteiger charge is -2.13. The summed E-state index contributed by atoms with van der Waals surface area (Å²) in [6, 6.07) is 3.69. The van der Waals surface area contributed by atoms with E-state index < -0.39 is 0 Å². The second kappa shape index (κ2) is 6.75. The van der Waals surface area contributed by atoms with Crippen LogP contribution in [-0.4, -0.2) is 25.2 Å². The predicted octanol–water partition coefficient (Wildman–Crippen LogP) is 2.57. The SMILES string of the molecule is Cc1cc(C)c(C(=O)NCCOC2CCCC2)cc1N. The minimum absolute atomic E-state index is 0.0794. The van der Waals surface area contributed by atoms with Gasteiger partial charge in [-0.2, -0.15) is 0 Å². The molecule has 0 spiro atoms. The maximum absolute atomic E-state index is 12.1. The molecule has 0 unspecified atom stereocenters. The first-order valence-electron chi connectivity index (χ1n) is 7.34. The third kappa shape index (κ3) is 3.73. The first-order valence-corrected chi connectivity index (χ1v) is 7.34. The molecular weight excluding hydrogens is 252 g/mol. The molecule has 1 aliphatic carbocycles. The van der Waals surface area contributed by atoms with Crippen LogP contribution < -0.4 is 11.1 Å². The molecule has 1 amide bonds. The van der Waals surface area contributed by atoms with Crippen molar-refractivity contribution < 1.29 is 9.53 Å². The maximum Gasteiger partial charge on any atom is 0.251 e. The monoisotopic (exact) mass is 276 g/mol. The van der Waals surface area contributed by atoms with Gasteiger partial charge < -0.3 is 15.8 Å². The molecule has 1 fully saturated rings. The van der Waals surface area contributed by atoms with E-state index in [1.54, 1.807) is 6.07 Å². The van der Waals surface area contributed by atoms with Crippen molar-refractivity contribution in [2.75, 3.05) is 18.9 Å². The highest BCUT2D eigenvalue weighted by Gasteiger charge is 2.15. The number of nitrogen functional groups attached to an aromatic ring is 1. The third-order valence-electron chi connectivity index (χ3n) is 3.90. The Hall–Kier alpha value is -1.55. The number of aryl methyl sites for hydroxylation is 2. The minimum Gasteiger partial charge on any atom is -0.398 e. The van der Waals surface area contributed by atoms with Gasteiger partial charge in [-0.25, -0.2) is 0 Å². The number of carbonyl (C=O) groups is 1. The molecule has 0 atom stereocenters. The second-order valence-corrected chi connectivity index (χ2v) is 5.56.